The van der Waals surface area contributed by atoms with E-state index in [2.05, 4.69) is 27.3 Å². The van der Waals surface area contributed by atoms with Crippen LogP contribution < -0.4 is 11.1 Å². The molecular formula is C13H20N6. The molecule has 0 aliphatic carbocycles. The molecule has 6 nitrogen and oxygen atoms in total. The molecule has 0 fully saturated rings. The number of aryl methyl sites for hydroxylation is 3. The van der Waals surface area contributed by atoms with E-state index < -0.39 is 0 Å². The van der Waals surface area contributed by atoms with Gasteiger partial charge in [-0.1, -0.05) is 0 Å². The molecule has 0 aliphatic heterocycles. The van der Waals surface area contributed by atoms with Gasteiger partial charge in [0.1, 0.15) is 17.5 Å². The van der Waals surface area contributed by atoms with Gasteiger partial charge in [-0.2, -0.15) is 5.10 Å². The Balaban J connectivity index is 2.24. The first-order valence-corrected chi connectivity index (χ1v) is 6.23. The van der Waals surface area contributed by atoms with Crippen LogP contribution in [0.2, 0.25) is 0 Å². The van der Waals surface area contributed by atoms with Crippen molar-refractivity contribution in [2.75, 3.05) is 11.1 Å². The van der Waals surface area contributed by atoms with Crippen molar-refractivity contribution in [3.05, 3.63) is 28.3 Å². The molecule has 0 amide bonds. The van der Waals surface area contributed by atoms with Crippen molar-refractivity contribution < 1.29 is 0 Å². The highest BCUT2D eigenvalue weighted by atomic mass is 15.3. The standard InChI is InChI=1S/C13H20N6/c1-7-12(14)16-10(4)17-13(7)15-6-11-8(2)18-19(5)9(11)3/h6H2,1-5H3,(H3,14,15,16,17). The summed E-state index contributed by atoms with van der Waals surface area (Å²) in [5, 5.41) is 7.72. The largest absolute Gasteiger partial charge is 0.383 e. The van der Waals surface area contributed by atoms with Gasteiger partial charge < -0.3 is 11.1 Å². The summed E-state index contributed by atoms with van der Waals surface area (Å²) in [5.41, 5.74) is 10.1. The molecule has 0 saturated carbocycles. The van der Waals surface area contributed by atoms with Gasteiger partial charge in [0.15, 0.2) is 0 Å². The van der Waals surface area contributed by atoms with E-state index in [4.69, 9.17) is 5.73 Å². The van der Waals surface area contributed by atoms with Crippen LogP contribution in [0.15, 0.2) is 0 Å². The van der Waals surface area contributed by atoms with E-state index in [-0.39, 0.29) is 0 Å². The fraction of sp³-hybridized carbons (Fsp3) is 0.462. The van der Waals surface area contributed by atoms with E-state index >= 15 is 0 Å². The van der Waals surface area contributed by atoms with E-state index in [1.54, 1.807) is 0 Å². The first-order chi connectivity index (χ1) is 8.90. The zero-order valence-electron chi connectivity index (χ0n) is 12.1. The fourth-order valence-corrected chi connectivity index (χ4v) is 2.07. The topological polar surface area (TPSA) is 81.6 Å². The lowest BCUT2D eigenvalue weighted by Gasteiger charge is -2.11. The second-order valence-corrected chi connectivity index (χ2v) is 4.76. The number of aromatic nitrogens is 4. The minimum absolute atomic E-state index is 0.523. The van der Waals surface area contributed by atoms with Gasteiger partial charge in [0.2, 0.25) is 0 Å². The monoisotopic (exact) mass is 260 g/mol. The lowest BCUT2D eigenvalue weighted by atomic mass is 10.2. The Kier molecular flexibility index (Phi) is 3.42. The third-order valence-corrected chi connectivity index (χ3v) is 3.39. The molecule has 0 unspecified atom stereocenters. The summed E-state index contributed by atoms with van der Waals surface area (Å²) in [6.07, 6.45) is 0. The van der Waals surface area contributed by atoms with Gasteiger partial charge in [-0.15, -0.1) is 0 Å². The predicted molar refractivity (Wildman–Crippen MR) is 75.9 cm³/mol. The van der Waals surface area contributed by atoms with Crippen LogP contribution in [-0.2, 0) is 13.6 Å². The Morgan fingerprint density at radius 2 is 1.84 bits per heavy atom. The molecule has 2 aromatic rings. The highest BCUT2D eigenvalue weighted by Crippen LogP contribution is 2.19. The molecule has 2 rings (SSSR count). The average molecular weight is 260 g/mol. The minimum Gasteiger partial charge on any atom is -0.383 e. The van der Waals surface area contributed by atoms with E-state index in [1.165, 1.54) is 5.56 Å². The van der Waals surface area contributed by atoms with Gasteiger partial charge in [0.05, 0.1) is 5.69 Å². The van der Waals surface area contributed by atoms with Crippen molar-refractivity contribution in [2.24, 2.45) is 7.05 Å². The summed E-state index contributed by atoms with van der Waals surface area (Å²) in [7, 11) is 1.95. The zero-order chi connectivity index (χ0) is 14.2. The van der Waals surface area contributed by atoms with E-state index in [0.29, 0.717) is 18.2 Å². The first kappa shape index (κ1) is 13.3. The highest BCUT2D eigenvalue weighted by Gasteiger charge is 2.11. The lowest BCUT2D eigenvalue weighted by Crippen LogP contribution is -2.09. The van der Waals surface area contributed by atoms with Gasteiger partial charge in [-0.25, -0.2) is 9.97 Å². The Morgan fingerprint density at radius 3 is 2.42 bits per heavy atom. The number of rotatable bonds is 3. The maximum absolute atomic E-state index is 5.85. The maximum Gasteiger partial charge on any atom is 0.135 e. The molecule has 0 aliphatic rings. The van der Waals surface area contributed by atoms with Gasteiger partial charge in [0, 0.05) is 30.4 Å². The second kappa shape index (κ2) is 4.87. The van der Waals surface area contributed by atoms with Crippen molar-refractivity contribution in [2.45, 2.75) is 34.2 Å². The lowest BCUT2D eigenvalue weighted by molar-refractivity contribution is 0.730. The van der Waals surface area contributed by atoms with E-state index in [1.807, 2.05) is 32.5 Å². The summed E-state index contributed by atoms with van der Waals surface area (Å²) in [5.74, 6) is 1.98. The molecular weight excluding hydrogens is 240 g/mol. The summed E-state index contributed by atoms with van der Waals surface area (Å²) in [6, 6.07) is 0. The number of anilines is 2. The number of nitrogen functional groups attached to an aromatic ring is 1. The van der Waals surface area contributed by atoms with Crippen molar-refractivity contribution in [3.63, 3.8) is 0 Å². The molecule has 19 heavy (non-hydrogen) atoms. The molecule has 0 atom stereocenters. The normalized spacial score (nSPS) is 10.8. The van der Waals surface area contributed by atoms with Crippen LogP contribution in [0.4, 0.5) is 11.6 Å². The molecule has 3 N–H and O–H groups in total. The molecule has 0 radical (unpaired) electrons. The first-order valence-electron chi connectivity index (χ1n) is 6.23. The number of hydrogen-bond acceptors (Lipinski definition) is 5. The van der Waals surface area contributed by atoms with E-state index in [0.717, 1.165) is 22.8 Å². The number of hydrogen-bond donors (Lipinski definition) is 2. The molecule has 0 bridgehead atoms. The molecule has 2 heterocycles. The summed E-state index contributed by atoms with van der Waals surface area (Å²) in [6.45, 7) is 8.50. The Morgan fingerprint density at radius 1 is 1.16 bits per heavy atom. The number of nitrogens with two attached hydrogens (primary N) is 1. The summed E-state index contributed by atoms with van der Waals surface area (Å²) < 4.78 is 1.89. The van der Waals surface area contributed by atoms with Crippen molar-refractivity contribution in [1.82, 2.24) is 19.7 Å². The molecule has 0 aromatic carbocycles. The SMILES string of the molecule is Cc1nc(N)c(C)c(NCc2c(C)nn(C)c2C)n1. The van der Waals surface area contributed by atoms with Crippen LogP contribution >= 0.6 is 0 Å². The third-order valence-electron chi connectivity index (χ3n) is 3.39. The Labute approximate surface area is 113 Å². The summed E-state index contributed by atoms with van der Waals surface area (Å²) >= 11 is 0. The molecule has 2 aromatic heterocycles. The van der Waals surface area contributed by atoms with Gasteiger partial charge in [-0.3, -0.25) is 4.68 Å². The van der Waals surface area contributed by atoms with Gasteiger partial charge in [0.25, 0.3) is 0 Å². The van der Waals surface area contributed by atoms with Crippen LogP contribution in [0, 0.1) is 27.7 Å². The number of nitrogens with one attached hydrogen (secondary N) is 1. The Hall–Kier alpha value is -2.11. The third kappa shape index (κ3) is 2.52. The van der Waals surface area contributed by atoms with Gasteiger partial charge >= 0.3 is 0 Å². The summed E-state index contributed by atoms with van der Waals surface area (Å²) in [4.78, 5) is 8.52. The fourth-order valence-electron chi connectivity index (χ4n) is 2.07. The van der Waals surface area contributed by atoms with Crippen LogP contribution in [0.5, 0.6) is 0 Å². The number of nitrogens with zero attached hydrogens (tertiary/aromatic N) is 4. The predicted octanol–water partition coefficient (Wildman–Crippen LogP) is 1.64. The van der Waals surface area contributed by atoms with Crippen LogP contribution in [0.3, 0.4) is 0 Å². The van der Waals surface area contributed by atoms with E-state index in [9.17, 15) is 0 Å². The minimum atomic E-state index is 0.523. The van der Waals surface area contributed by atoms with Crippen molar-refractivity contribution in [3.8, 4) is 0 Å². The van der Waals surface area contributed by atoms with Gasteiger partial charge in [-0.05, 0) is 27.7 Å². The van der Waals surface area contributed by atoms with Crippen LogP contribution in [0.25, 0.3) is 0 Å². The molecule has 102 valence electrons. The molecule has 6 heteroatoms. The Bertz CT molecular complexity index is 614. The quantitative estimate of drug-likeness (QED) is 0.876. The molecule has 0 spiro atoms. The van der Waals surface area contributed by atoms with Crippen molar-refractivity contribution >= 4 is 11.6 Å². The molecule has 0 saturated heterocycles. The second-order valence-electron chi connectivity index (χ2n) is 4.76. The maximum atomic E-state index is 5.85. The smallest absolute Gasteiger partial charge is 0.135 e. The van der Waals surface area contributed by atoms with Crippen LogP contribution in [0.1, 0.15) is 28.3 Å². The average Bonchev–Trinajstić information content (AvgIpc) is 2.57. The zero-order valence-corrected chi connectivity index (χ0v) is 12.1. The highest BCUT2D eigenvalue weighted by molar-refractivity contribution is 5.55. The van der Waals surface area contributed by atoms with Crippen LogP contribution in [-0.4, -0.2) is 19.7 Å². The van der Waals surface area contributed by atoms with Crippen molar-refractivity contribution in [1.29, 1.82) is 0 Å².